The zero-order valence-electron chi connectivity index (χ0n) is 14.2. The molecule has 5 heteroatoms. The van der Waals surface area contributed by atoms with E-state index in [1.54, 1.807) is 24.3 Å². The number of para-hydroxylation sites is 2. The second kappa shape index (κ2) is 7.83. The summed E-state index contributed by atoms with van der Waals surface area (Å²) in [7, 11) is 0. The van der Waals surface area contributed by atoms with Gasteiger partial charge in [-0.25, -0.2) is 0 Å². The Morgan fingerprint density at radius 2 is 1.80 bits per heavy atom. The molecule has 3 rings (SSSR count). The lowest BCUT2D eigenvalue weighted by Gasteiger charge is -2.13. The van der Waals surface area contributed by atoms with E-state index in [9.17, 15) is 9.59 Å². The van der Waals surface area contributed by atoms with E-state index >= 15 is 0 Å². The van der Waals surface area contributed by atoms with E-state index in [2.05, 4.69) is 10.6 Å². The fourth-order valence-corrected chi connectivity index (χ4v) is 2.55. The number of carbonyl (C=O) groups excluding carboxylic acids is 2. The molecule has 0 radical (unpaired) electrons. The number of rotatable bonds is 7. The highest BCUT2D eigenvalue weighted by molar-refractivity contribution is 6.04. The number of aryl methyl sites for hydroxylation is 1. The predicted octanol–water partition coefficient (Wildman–Crippen LogP) is 3.16. The van der Waals surface area contributed by atoms with Crippen LogP contribution < -0.4 is 15.4 Å². The van der Waals surface area contributed by atoms with Crippen LogP contribution in [0.1, 0.15) is 35.7 Å². The molecule has 2 N–H and O–H groups in total. The van der Waals surface area contributed by atoms with Gasteiger partial charge in [-0.1, -0.05) is 37.3 Å². The van der Waals surface area contributed by atoms with Crippen LogP contribution in [0.2, 0.25) is 0 Å². The molecule has 0 atom stereocenters. The number of anilines is 1. The number of hydrogen-bond acceptors (Lipinski definition) is 3. The van der Waals surface area contributed by atoms with Crippen LogP contribution in [0.3, 0.4) is 0 Å². The summed E-state index contributed by atoms with van der Waals surface area (Å²) in [5.41, 5.74) is 2.02. The zero-order valence-corrected chi connectivity index (χ0v) is 14.2. The lowest BCUT2D eigenvalue weighted by atomic mass is 10.1. The summed E-state index contributed by atoms with van der Waals surface area (Å²) in [4.78, 5) is 24.5. The Morgan fingerprint density at radius 1 is 1.08 bits per heavy atom. The van der Waals surface area contributed by atoms with Crippen LogP contribution in [0.25, 0.3) is 0 Å². The molecule has 1 aliphatic carbocycles. The fraction of sp³-hybridized carbons (Fsp3) is 0.300. The first-order valence-electron chi connectivity index (χ1n) is 8.58. The van der Waals surface area contributed by atoms with Crippen LogP contribution in [0.4, 0.5) is 5.69 Å². The highest BCUT2D eigenvalue weighted by atomic mass is 16.5. The van der Waals surface area contributed by atoms with E-state index in [4.69, 9.17) is 4.74 Å². The van der Waals surface area contributed by atoms with E-state index in [-0.39, 0.29) is 24.5 Å². The summed E-state index contributed by atoms with van der Waals surface area (Å²) in [5, 5.41) is 5.70. The number of carbonyl (C=O) groups is 2. The number of ether oxygens (including phenoxy) is 1. The van der Waals surface area contributed by atoms with Gasteiger partial charge in [0.1, 0.15) is 5.75 Å². The number of hydrogen-bond donors (Lipinski definition) is 2. The zero-order chi connectivity index (χ0) is 17.6. The van der Waals surface area contributed by atoms with Gasteiger partial charge in [-0.3, -0.25) is 9.59 Å². The maximum Gasteiger partial charge on any atom is 0.262 e. The normalized spacial score (nSPS) is 13.2. The molecule has 0 aliphatic heterocycles. The molecule has 0 bridgehead atoms. The minimum atomic E-state index is -0.294. The van der Waals surface area contributed by atoms with Crippen molar-refractivity contribution < 1.29 is 14.3 Å². The van der Waals surface area contributed by atoms with Crippen molar-refractivity contribution in [1.82, 2.24) is 5.32 Å². The molecule has 0 saturated heterocycles. The summed E-state index contributed by atoms with van der Waals surface area (Å²) in [6, 6.07) is 14.9. The van der Waals surface area contributed by atoms with Crippen molar-refractivity contribution in [3.05, 3.63) is 59.7 Å². The van der Waals surface area contributed by atoms with Crippen LogP contribution in [0.15, 0.2) is 48.5 Å². The molecule has 0 unspecified atom stereocenters. The smallest absolute Gasteiger partial charge is 0.262 e. The molecule has 2 aromatic carbocycles. The number of benzene rings is 2. The summed E-state index contributed by atoms with van der Waals surface area (Å²) in [6.07, 6.45) is 2.87. The monoisotopic (exact) mass is 338 g/mol. The van der Waals surface area contributed by atoms with Crippen molar-refractivity contribution >= 4 is 17.5 Å². The molecule has 1 fully saturated rings. The van der Waals surface area contributed by atoms with Crippen LogP contribution >= 0.6 is 0 Å². The topological polar surface area (TPSA) is 67.4 Å². The van der Waals surface area contributed by atoms with E-state index in [0.29, 0.717) is 17.0 Å². The molecule has 1 aliphatic rings. The Labute approximate surface area is 147 Å². The highest BCUT2D eigenvalue weighted by Crippen LogP contribution is 2.22. The van der Waals surface area contributed by atoms with Crippen molar-refractivity contribution in [2.24, 2.45) is 0 Å². The van der Waals surface area contributed by atoms with Gasteiger partial charge in [0.15, 0.2) is 6.61 Å². The third-order valence-electron chi connectivity index (χ3n) is 4.07. The third-order valence-corrected chi connectivity index (χ3v) is 4.07. The molecule has 25 heavy (non-hydrogen) atoms. The van der Waals surface area contributed by atoms with Crippen molar-refractivity contribution in [3.63, 3.8) is 0 Å². The minimum Gasteiger partial charge on any atom is -0.483 e. The fourth-order valence-electron chi connectivity index (χ4n) is 2.55. The molecule has 0 aromatic heterocycles. The second-order valence-electron chi connectivity index (χ2n) is 6.09. The van der Waals surface area contributed by atoms with Gasteiger partial charge in [0.05, 0.1) is 11.3 Å². The van der Waals surface area contributed by atoms with Crippen molar-refractivity contribution in [3.8, 4) is 5.75 Å². The number of amides is 2. The molecule has 130 valence electrons. The average Bonchev–Trinajstić information content (AvgIpc) is 3.44. The van der Waals surface area contributed by atoms with Crippen LogP contribution in [-0.4, -0.2) is 24.5 Å². The van der Waals surface area contributed by atoms with Gasteiger partial charge in [-0.05, 0) is 43.0 Å². The first kappa shape index (κ1) is 17.0. The summed E-state index contributed by atoms with van der Waals surface area (Å²) >= 11 is 0. The molecule has 5 nitrogen and oxygen atoms in total. The van der Waals surface area contributed by atoms with E-state index in [0.717, 1.165) is 24.8 Å². The largest absolute Gasteiger partial charge is 0.483 e. The molecule has 0 spiro atoms. The summed E-state index contributed by atoms with van der Waals surface area (Å²) in [6.45, 7) is 1.94. The van der Waals surface area contributed by atoms with Crippen molar-refractivity contribution in [2.75, 3.05) is 11.9 Å². The lowest BCUT2D eigenvalue weighted by molar-refractivity contribution is -0.118. The molecule has 2 aromatic rings. The number of nitrogens with one attached hydrogen (secondary N) is 2. The summed E-state index contributed by atoms with van der Waals surface area (Å²) < 4.78 is 5.62. The van der Waals surface area contributed by atoms with Gasteiger partial charge in [-0.2, -0.15) is 0 Å². The van der Waals surface area contributed by atoms with Gasteiger partial charge in [-0.15, -0.1) is 0 Å². The first-order valence-corrected chi connectivity index (χ1v) is 8.58. The third kappa shape index (κ3) is 4.59. The van der Waals surface area contributed by atoms with Crippen LogP contribution in [-0.2, 0) is 11.2 Å². The lowest BCUT2D eigenvalue weighted by Crippen LogP contribution is -2.28. The van der Waals surface area contributed by atoms with Gasteiger partial charge >= 0.3 is 0 Å². The first-order chi connectivity index (χ1) is 12.2. The van der Waals surface area contributed by atoms with Gasteiger partial charge in [0, 0.05) is 6.04 Å². The van der Waals surface area contributed by atoms with Gasteiger partial charge < -0.3 is 15.4 Å². The predicted molar refractivity (Wildman–Crippen MR) is 96.9 cm³/mol. The van der Waals surface area contributed by atoms with E-state index < -0.39 is 0 Å². The van der Waals surface area contributed by atoms with E-state index in [1.807, 2.05) is 31.2 Å². The van der Waals surface area contributed by atoms with Gasteiger partial charge in [0.2, 0.25) is 0 Å². The Kier molecular flexibility index (Phi) is 5.33. The Hall–Kier alpha value is -2.82. The van der Waals surface area contributed by atoms with Gasteiger partial charge in [0.25, 0.3) is 11.8 Å². The molecular weight excluding hydrogens is 316 g/mol. The Balaban J connectivity index is 1.62. The van der Waals surface area contributed by atoms with Crippen molar-refractivity contribution in [2.45, 2.75) is 32.2 Å². The molecular formula is C20H22N2O3. The maximum absolute atomic E-state index is 12.3. The minimum absolute atomic E-state index is 0.102. The van der Waals surface area contributed by atoms with Crippen LogP contribution in [0.5, 0.6) is 5.75 Å². The molecule has 1 saturated carbocycles. The van der Waals surface area contributed by atoms with E-state index in [1.165, 1.54) is 0 Å². The quantitative estimate of drug-likeness (QED) is 0.815. The Bertz CT molecular complexity index is 769. The highest BCUT2D eigenvalue weighted by Gasteiger charge is 2.25. The maximum atomic E-state index is 12.3. The molecule has 2 amide bonds. The molecule has 0 heterocycles. The summed E-state index contributed by atoms with van der Waals surface area (Å²) in [5.74, 6) is 0.258. The van der Waals surface area contributed by atoms with Crippen LogP contribution in [0, 0.1) is 0 Å². The Morgan fingerprint density at radius 3 is 2.56 bits per heavy atom. The second-order valence-corrected chi connectivity index (χ2v) is 6.09. The van der Waals surface area contributed by atoms with Crippen molar-refractivity contribution in [1.29, 1.82) is 0 Å². The SMILES string of the molecule is CCc1ccccc1OCC(=O)Nc1ccccc1C(=O)NC1CC1. The average molecular weight is 338 g/mol. The standard InChI is InChI=1S/C20H22N2O3/c1-2-14-7-3-6-10-18(14)25-13-19(23)22-17-9-5-4-8-16(17)20(24)21-15-11-12-15/h3-10,15H,2,11-13H2,1H3,(H,21,24)(H,22,23).